The normalized spacial score (nSPS) is 16.6. The van der Waals surface area contributed by atoms with Gasteiger partial charge in [-0.15, -0.1) is 0 Å². The fourth-order valence-corrected chi connectivity index (χ4v) is 4.54. The van der Waals surface area contributed by atoms with E-state index < -0.39 is 10.0 Å². The standard InChI is InChI=1S/C19H22N2O3S/c1-4-14-5-8-17(9-6-14)20-19(22)15-7-10-18-16(12-15)11-13(2)21(18)25(3,23)24/h5-10,12-13H,4,11H2,1-3H3,(H,20,22)/t13-/m1/s1. The Morgan fingerprint density at radius 2 is 1.88 bits per heavy atom. The Balaban J connectivity index is 1.82. The van der Waals surface area contributed by atoms with Crippen molar-refractivity contribution in [2.45, 2.75) is 32.7 Å². The number of nitrogens with zero attached hydrogens (tertiary/aromatic N) is 1. The van der Waals surface area contributed by atoms with Crippen molar-refractivity contribution < 1.29 is 13.2 Å². The predicted octanol–water partition coefficient (Wildman–Crippen LogP) is 3.21. The van der Waals surface area contributed by atoms with E-state index in [2.05, 4.69) is 12.2 Å². The number of amides is 1. The van der Waals surface area contributed by atoms with Gasteiger partial charge in [0.1, 0.15) is 0 Å². The van der Waals surface area contributed by atoms with E-state index in [9.17, 15) is 13.2 Å². The van der Waals surface area contributed by atoms with E-state index in [0.29, 0.717) is 17.7 Å². The molecule has 1 N–H and O–H groups in total. The van der Waals surface area contributed by atoms with Crippen molar-refractivity contribution in [1.29, 1.82) is 0 Å². The maximum atomic E-state index is 12.5. The number of carbonyl (C=O) groups is 1. The van der Waals surface area contributed by atoms with Crippen molar-refractivity contribution in [3.05, 3.63) is 59.2 Å². The molecule has 0 fully saturated rings. The summed E-state index contributed by atoms with van der Waals surface area (Å²) in [5.41, 5.74) is 4.03. The maximum Gasteiger partial charge on any atom is 0.255 e. The lowest BCUT2D eigenvalue weighted by Crippen LogP contribution is -2.34. The number of carbonyl (C=O) groups excluding carboxylic acids is 1. The molecule has 0 unspecified atom stereocenters. The molecule has 1 aliphatic heterocycles. The number of hydrogen-bond donors (Lipinski definition) is 1. The van der Waals surface area contributed by atoms with Crippen molar-refractivity contribution in [2.75, 3.05) is 15.9 Å². The van der Waals surface area contributed by atoms with E-state index >= 15 is 0 Å². The van der Waals surface area contributed by atoms with Crippen LogP contribution < -0.4 is 9.62 Å². The molecule has 2 aromatic carbocycles. The van der Waals surface area contributed by atoms with Gasteiger partial charge in [0.05, 0.1) is 11.9 Å². The first-order valence-electron chi connectivity index (χ1n) is 8.32. The Bertz CT molecular complexity index is 905. The average Bonchev–Trinajstić information content (AvgIpc) is 2.90. The Morgan fingerprint density at radius 3 is 2.48 bits per heavy atom. The smallest absolute Gasteiger partial charge is 0.255 e. The molecule has 2 aromatic rings. The molecule has 132 valence electrons. The fraction of sp³-hybridized carbons (Fsp3) is 0.316. The lowest BCUT2D eigenvalue weighted by Gasteiger charge is -2.21. The zero-order chi connectivity index (χ0) is 18.2. The van der Waals surface area contributed by atoms with Crippen LogP contribution >= 0.6 is 0 Å². The summed E-state index contributed by atoms with van der Waals surface area (Å²) in [4.78, 5) is 12.5. The molecule has 1 atom stereocenters. The van der Waals surface area contributed by atoms with Crippen molar-refractivity contribution in [1.82, 2.24) is 0 Å². The van der Waals surface area contributed by atoms with E-state index in [0.717, 1.165) is 17.7 Å². The quantitative estimate of drug-likeness (QED) is 0.913. The minimum Gasteiger partial charge on any atom is -0.322 e. The average molecular weight is 358 g/mol. The molecule has 1 amide bonds. The summed E-state index contributed by atoms with van der Waals surface area (Å²) in [5.74, 6) is -0.197. The summed E-state index contributed by atoms with van der Waals surface area (Å²) >= 11 is 0. The molecule has 0 saturated carbocycles. The highest BCUT2D eigenvalue weighted by atomic mass is 32.2. The van der Waals surface area contributed by atoms with E-state index in [4.69, 9.17) is 0 Å². The van der Waals surface area contributed by atoms with Crippen molar-refractivity contribution in [3.63, 3.8) is 0 Å². The number of sulfonamides is 1. The minimum absolute atomic E-state index is 0.134. The van der Waals surface area contributed by atoms with Crippen LogP contribution in [0.2, 0.25) is 0 Å². The number of nitrogens with one attached hydrogen (secondary N) is 1. The van der Waals surface area contributed by atoms with Crippen LogP contribution in [0.1, 0.15) is 35.3 Å². The van der Waals surface area contributed by atoms with Crippen LogP contribution in [0.25, 0.3) is 0 Å². The Hall–Kier alpha value is -2.34. The molecule has 0 bridgehead atoms. The van der Waals surface area contributed by atoms with Gasteiger partial charge in [-0.1, -0.05) is 19.1 Å². The maximum absolute atomic E-state index is 12.5. The van der Waals surface area contributed by atoms with Crippen molar-refractivity contribution >= 4 is 27.3 Å². The van der Waals surface area contributed by atoms with Crippen LogP contribution in [-0.2, 0) is 22.9 Å². The Labute approximate surface area is 148 Å². The third-order valence-corrected chi connectivity index (χ3v) is 5.74. The minimum atomic E-state index is -3.32. The molecule has 6 heteroatoms. The molecule has 0 aromatic heterocycles. The topological polar surface area (TPSA) is 66.5 Å². The van der Waals surface area contributed by atoms with Gasteiger partial charge >= 0.3 is 0 Å². The summed E-state index contributed by atoms with van der Waals surface area (Å²) in [6.45, 7) is 3.95. The van der Waals surface area contributed by atoms with Gasteiger partial charge in [0.2, 0.25) is 10.0 Å². The van der Waals surface area contributed by atoms with Crippen LogP contribution in [0.5, 0.6) is 0 Å². The van der Waals surface area contributed by atoms with Gasteiger partial charge < -0.3 is 5.32 Å². The molecular weight excluding hydrogens is 336 g/mol. The van der Waals surface area contributed by atoms with E-state index in [1.54, 1.807) is 18.2 Å². The molecule has 0 radical (unpaired) electrons. The highest BCUT2D eigenvalue weighted by Crippen LogP contribution is 2.34. The van der Waals surface area contributed by atoms with Crippen LogP contribution in [0.4, 0.5) is 11.4 Å². The van der Waals surface area contributed by atoms with Gasteiger partial charge in [0.15, 0.2) is 0 Å². The fourth-order valence-electron chi connectivity index (χ4n) is 3.28. The molecular formula is C19H22N2O3S. The molecule has 0 aliphatic carbocycles. The first-order valence-corrected chi connectivity index (χ1v) is 10.2. The predicted molar refractivity (Wildman–Crippen MR) is 101 cm³/mol. The van der Waals surface area contributed by atoms with Gasteiger partial charge in [0.25, 0.3) is 5.91 Å². The molecule has 3 rings (SSSR count). The van der Waals surface area contributed by atoms with Crippen molar-refractivity contribution in [2.24, 2.45) is 0 Å². The highest BCUT2D eigenvalue weighted by Gasteiger charge is 2.32. The lowest BCUT2D eigenvalue weighted by molar-refractivity contribution is 0.102. The van der Waals surface area contributed by atoms with Crippen molar-refractivity contribution in [3.8, 4) is 0 Å². The third kappa shape index (κ3) is 3.54. The summed E-state index contributed by atoms with van der Waals surface area (Å²) < 4.78 is 25.4. The SMILES string of the molecule is CCc1ccc(NC(=O)c2ccc3c(c2)C[C@@H](C)N3S(C)(=O)=O)cc1. The summed E-state index contributed by atoms with van der Waals surface area (Å²) in [6.07, 6.45) is 2.77. The van der Waals surface area contributed by atoms with Gasteiger partial charge in [-0.2, -0.15) is 0 Å². The molecule has 0 saturated heterocycles. The van der Waals surface area contributed by atoms with Crippen LogP contribution in [0.15, 0.2) is 42.5 Å². The highest BCUT2D eigenvalue weighted by molar-refractivity contribution is 7.92. The second-order valence-corrected chi connectivity index (χ2v) is 8.32. The number of fused-ring (bicyclic) bond motifs is 1. The lowest BCUT2D eigenvalue weighted by atomic mass is 10.1. The van der Waals surface area contributed by atoms with E-state index in [-0.39, 0.29) is 11.9 Å². The zero-order valence-corrected chi connectivity index (χ0v) is 15.4. The zero-order valence-electron chi connectivity index (χ0n) is 14.6. The van der Waals surface area contributed by atoms with E-state index in [1.807, 2.05) is 31.2 Å². The monoisotopic (exact) mass is 358 g/mol. The first-order chi connectivity index (χ1) is 11.8. The van der Waals surface area contributed by atoms with Gasteiger partial charge in [0, 0.05) is 17.3 Å². The third-order valence-electron chi connectivity index (χ3n) is 4.47. The molecule has 25 heavy (non-hydrogen) atoms. The second-order valence-electron chi connectivity index (χ2n) is 6.46. The largest absolute Gasteiger partial charge is 0.322 e. The number of benzene rings is 2. The summed E-state index contributed by atoms with van der Waals surface area (Å²) in [6, 6.07) is 12.8. The van der Waals surface area contributed by atoms with E-state index in [1.165, 1.54) is 16.1 Å². The number of anilines is 2. The Kier molecular flexibility index (Phi) is 4.56. The van der Waals surface area contributed by atoms with Crippen LogP contribution in [-0.4, -0.2) is 26.6 Å². The van der Waals surface area contributed by atoms with Crippen LogP contribution in [0, 0.1) is 0 Å². The molecule has 1 aliphatic rings. The molecule has 0 spiro atoms. The first kappa shape index (κ1) is 17.5. The molecule has 5 nitrogen and oxygen atoms in total. The van der Waals surface area contributed by atoms with Gasteiger partial charge in [-0.3, -0.25) is 9.10 Å². The van der Waals surface area contributed by atoms with Crippen LogP contribution in [0.3, 0.4) is 0 Å². The number of rotatable bonds is 4. The second kappa shape index (κ2) is 6.52. The molecule has 1 heterocycles. The van der Waals surface area contributed by atoms with Gasteiger partial charge in [-0.25, -0.2) is 8.42 Å². The van der Waals surface area contributed by atoms with Gasteiger partial charge in [-0.05, 0) is 61.2 Å². The number of hydrogen-bond acceptors (Lipinski definition) is 3. The summed E-state index contributed by atoms with van der Waals surface area (Å²) in [7, 11) is -3.32. The number of aryl methyl sites for hydroxylation is 1. The summed E-state index contributed by atoms with van der Waals surface area (Å²) in [5, 5.41) is 2.88. The Morgan fingerprint density at radius 1 is 1.20 bits per heavy atom.